The summed E-state index contributed by atoms with van der Waals surface area (Å²) in [6, 6.07) is -1.24. The molecule has 0 aromatic heterocycles. The van der Waals surface area contributed by atoms with Crippen LogP contribution in [0.2, 0.25) is 0 Å². The van der Waals surface area contributed by atoms with E-state index < -0.39 is 95.5 Å². The summed E-state index contributed by atoms with van der Waals surface area (Å²) in [6.07, 6.45) is 2.36. The predicted octanol–water partition coefficient (Wildman–Crippen LogP) is -0.969. The first-order valence-electron chi connectivity index (χ1n) is 26.3. The molecule has 21 N–H and O–H groups in total. The zero-order chi connectivity index (χ0) is 57.7. The smallest absolute Gasteiger partial charge is 0.243 e. The van der Waals surface area contributed by atoms with E-state index in [1.807, 2.05) is 41.5 Å². The molecule has 428 valence electrons. The summed E-state index contributed by atoms with van der Waals surface area (Å²) in [5.41, 5.74) is 34.8. The number of hydrogen-bond donors (Lipinski definition) is 15. The molecule has 0 saturated carbocycles. The first-order valence-corrected chi connectivity index (χ1v) is 26.3. The maximum atomic E-state index is 14.4. The molecule has 1 aromatic carbocycles. The number of nitrogens with zero attached hydrogens (tertiary/aromatic N) is 2. The van der Waals surface area contributed by atoms with Gasteiger partial charge >= 0.3 is 0 Å². The van der Waals surface area contributed by atoms with Gasteiger partial charge in [0.25, 0.3) is 0 Å². The first kappa shape index (κ1) is 67.0. The van der Waals surface area contributed by atoms with Crippen LogP contribution in [0.3, 0.4) is 0 Å². The third-order valence-electron chi connectivity index (χ3n) is 11.8. The van der Waals surface area contributed by atoms with E-state index in [0.29, 0.717) is 31.4 Å². The highest BCUT2D eigenvalue weighted by atomic mass is 16.2. The Kier molecular flexibility index (Phi) is 31.1. The average molecular weight is 1070 g/mol. The highest BCUT2D eigenvalue weighted by Gasteiger charge is 2.35. The summed E-state index contributed by atoms with van der Waals surface area (Å²) in [5, 5.41) is 29.8. The van der Waals surface area contributed by atoms with Crippen LogP contribution in [0.4, 0.5) is 0 Å². The van der Waals surface area contributed by atoms with E-state index in [-0.39, 0.29) is 100 Å². The molecule has 0 fully saturated rings. The van der Waals surface area contributed by atoms with Gasteiger partial charge in [0.15, 0.2) is 11.9 Å². The van der Waals surface area contributed by atoms with Crippen molar-refractivity contribution in [3.05, 3.63) is 35.4 Å². The number of unbranched alkanes of at least 4 members (excludes halogenated alkanes) is 1. The second kappa shape index (κ2) is 35.3. The number of aliphatic imine (C=N–C) groups is 2. The van der Waals surface area contributed by atoms with Crippen molar-refractivity contribution in [3.8, 4) is 0 Å². The average Bonchev–Trinajstić information content (AvgIpc) is 3.32. The van der Waals surface area contributed by atoms with E-state index in [0.717, 1.165) is 5.56 Å². The number of rotatable bonds is 36. The lowest BCUT2D eigenvalue weighted by atomic mass is 9.99. The zero-order valence-electron chi connectivity index (χ0n) is 46.2. The Bertz CT molecular complexity index is 2110. The van der Waals surface area contributed by atoms with Gasteiger partial charge in [-0.1, -0.05) is 79.7 Å². The summed E-state index contributed by atoms with van der Waals surface area (Å²) in [6.45, 7) is 16.6. The minimum atomic E-state index is -1.28. The molecule has 0 unspecified atom stereocenters. The first-order chi connectivity index (χ1) is 35.6. The fourth-order valence-corrected chi connectivity index (χ4v) is 7.91. The highest BCUT2D eigenvalue weighted by Crippen LogP contribution is 2.14. The lowest BCUT2D eigenvalue weighted by molar-refractivity contribution is -0.136. The minimum absolute atomic E-state index is 0.00690. The lowest BCUT2D eigenvalue weighted by Gasteiger charge is -2.29. The Balaban J connectivity index is 3.54. The molecule has 0 aliphatic rings. The molecule has 0 aliphatic heterocycles. The highest BCUT2D eigenvalue weighted by molar-refractivity contribution is 5.98. The molecule has 0 saturated heterocycles. The molecular weight excluding hydrogens is 979 g/mol. The number of hydrogen-bond acceptors (Lipinski definition) is 12. The maximum absolute atomic E-state index is 14.4. The molecule has 1 aromatic rings. The maximum Gasteiger partial charge on any atom is 0.243 e. The fourth-order valence-electron chi connectivity index (χ4n) is 7.91. The number of carbonyl (C=O) groups is 8. The van der Waals surface area contributed by atoms with Crippen LogP contribution in [-0.4, -0.2) is 127 Å². The second-order valence-corrected chi connectivity index (χ2v) is 20.7. The van der Waals surface area contributed by atoms with Gasteiger partial charge in [-0.05, 0) is 100.0 Å². The lowest BCUT2D eigenvalue weighted by Crippen LogP contribution is -2.60. The zero-order valence-corrected chi connectivity index (χ0v) is 46.2. The van der Waals surface area contributed by atoms with Gasteiger partial charge in [0.05, 0.1) is 0 Å². The number of amidine groups is 1. The van der Waals surface area contributed by atoms with Crippen molar-refractivity contribution in [2.75, 3.05) is 19.6 Å². The number of benzene rings is 1. The van der Waals surface area contributed by atoms with Crippen LogP contribution in [0.1, 0.15) is 138 Å². The van der Waals surface area contributed by atoms with Gasteiger partial charge in [0, 0.05) is 32.1 Å². The topological polar surface area (TPSA) is 437 Å². The fraction of sp³-hybridized carbons (Fsp3) is 0.667. The van der Waals surface area contributed by atoms with Gasteiger partial charge in [-0.25, -0.2) is 0 Å². The molecule has 0 heterocycles. The van der Waals surface area contributed by atoms with Crippen LogP contribution in [0.15, 0.2) is 34.3 Å². The Morgan fingerprint density at radius 1 is 0.487 bits per heavy atom. The van der Waals surface area contributed by atoms with Crippen LogP contribution in [0.5, 0.6) is 0 Å². The van der Waals surface area contributed by atoms with Crippen LogP contribution in [0, 0.1) is 29.1 Å². The van der Waals surface area contributed by atoms with Crippen LogP contribution in [-0.2, 0) is 44.9 Å². The van der Waals surface area contributed by atoms with Gasteiger partial charge in [-0.15, -0.1) is 0 Å². The molecule has 25 nitrogen and oxygen atoms in total. The number of nitrogen functional groups attached to an aromatic ring is 1. The normalized spacial score (nSPS) is 13.9. The van der Waals surface area contributed by atoms with Crippen molar-refractivity contribution in [1.29, 1.82) is 5.41 Å². The van der Waals surface area contributed by atoms with E-state index in [4.69, 9.17) is 39.8 Å². The van der Waals surface area contributed by atoms with Crippen molar-refractivity contribution in [2.24, 2.45) is 68.1 Å². The standard InChI is InChI=1S/C51H91N17O8/c1-28(2)24-38(62-32(9)69)46(73)67-40(26-30(5)6)48(75)63-36(15-12-22-59-50(55)56)44(71)66-39(25-29(3)4)47(74)64-37(16-13-23-60-51(57)58)45(72)68-41(31(7)8)49(76)65-35(14-10-11-21-52)43(70)61-27-33-17-19-34(20-18-33)42(53)54/h17-20,28-31,35-41H,10-16,21-27,52H2,1-9H3,(H3,53,54)(H,61,70)(H,62,69)(H,63,75)(H,64,74)(H,65,76)(H,66,71)(H,67,73)(H,68,72)(H4,55,56,59)(H4,57,58,60)/t35-,36-,37-,38-,39-,40-,41-/m0/s1. The Morgan fingerprint density at radius 3 is 1.24 bits per heavy atom. The van der Waals surface area contributed by atoms with E-state index in [2.05, 4.69) is 52.5 Å². The molecule has 1 rings (SSSR count). The number of guanidine groups is 2. The van der Waals surface area contributed by atoms with Crippen LogP contribution < -0.4 is 76.9 Å². The van der Waals surface area contributed by atoms with Gasteiger partial charge in [-0.2, -0.15) is 0 Å². The van der Waals surface area contributed by atoms with E-state index in [1.54, 1.807) is 38.1 Å². The number of carbonyl (C=O) groups excluding carboxylic acids is 8. The van der Waals surface area contributed by atoms with Gasteiger partial charge in [0.1, 0.15) is 48.1 Å². The molecule has 0 spiro atoms. The van der Waals surface area contributed by atoms with Crippen molar-refractivity contribution >= 4 is 65.0 Å². The SMILES string of the molecule is CC(=O)N[C@@H](CC(C)C)C(=O)N[C@@H](CC(C)C)C(=O)N[C@@H](CCCN=C(N)N)C(=O)N[C@@H](CC(C)C)C(=O)N[C@@H](CCCN=C(N)N)C(=O)N[C@H](C(=O)N[C@@H](CCCCN)C(=O)NCc1ccc(C(=N)N)cc1)C(C)C. The van der Waals surface area contributed by atoms with Gasteiger partial charge in [-0.3, -0.25) is 53.8 Å². The minimum Gasteiger partial charge on any atom is -0.384 e. The van der Waals surface area contributed by atoms with Crippen molar-refractivity contribution in [2.45, 2.75) is 175 Å². The number of nitrogens with one attached hydrogen (secondary N) is 9. The summed E-state index contributed by atoms with van der Waals surface area (Å²) in [7, 11) is 0. The third-order valence-corrected chi connectivity index (χ3v) is 11.8. The molecule has 25 heteroatoms. The molecule has 76 heavy (non-hydrogen) atoms. The van der Waals surface area contributed by atoms with Gasteiger partial charge in [0.2, 0.25) is 47.3 Å². The molecule has 7 atom stereocenters. The molecule has 0 radical (unpaired) electrons. The van der Waals surface area contributed by atoms with E-state index in [9.17, 15) is 38.4 Å². The Hall–Kier alpha value is -7.05. The Labute approximate surface area is 448 Å². The number of amides is 8. The van der Waals surface area contributed by atoms with Crippen molar-refractivity contribution < 1.29 is 38.4 Å². The largest absolute Gasteiger partial charge is 0.384 e. The summed E-state index contributed by atoms with van der Waals surface area (Å²) >= 11 is 0. The van der Waals surface area contributed by atoms with Crippen LogP contribution in [0.25, 0.3) is 0 Å². The number of nitrogens with two attached hydrogens (primary N) is 6. The summed E-state index contributed by atoms with van der Waals surface area (Å²) in [5.74, 6) is -6.21. The Morgan fingerprint density at radius 2 is 0.855 bits per heavy atom. The van der Waals surface area contributed by atoms with Crippen molar-refractivity contribution in [3.63, 3.8) is 0 Å². The van der Waals surface area contributed by atoms with Crippen molar-refractivity contribution in [1.82, 2.24) is 42.5 Å². The van der Waals surface area contributed by atoms with Gasteiger partial charge < -0.3 is 76.9 Å². The predicted molar refractivity (Wildman–Crippen MR) is 294 cm³/mol. The molecule has 8 amide bonds. The quantitative estimate of drug-likeness (QED) is 0.0219. The van der Waals surface area contributed by atoms with Crippen LogP contribution >= 0.6 is 0 Å². The van der Waals surface area contributed by atoms with E-state index in [1.165, 1.54) is 6.92 Å². The summed E-state index contributed by atoms with van der Waals surface area (Å²) in [4.78, 5) is 118. The van der Waals surface area contributed by atoms with E-state index >= 15 is 0 Å². The summed E-state index contributed by atoms with van der Waals surface area (Å²) < 4.78 is 0. The molecule has 0 bridgehead atoms. The second-order valence-electron chi connectivity index (χ2n) is 20.7. The monoisotopic (exact) mass is 1070 g/mol. The molecule has 0 aliphatic carbocycles. The molecular formula is C51H91N17O8. The third kappa shape index (κ3) is 27.5.